The van der Waals surface area contributed by atoms with Crippen molar-refractivity contribution in [3.8, 4) is 0 Å². The van der Waals surface area contributed by atoms with Crippen LogP contribution in [0.3, 0.4) is 0 Å². The molecule has 2 aliphatic rings. The lowest BCUT2D eigenvalue weighted by atomic mass is 10.1. The van der Waals surface area contributed by atoms with Crippen molar-refractivity contribution in [2.75, 3.05) is 6.54 Å². The highest BCUT2D eigenvalue weighted by Gasteiger charge is 2.53. The summed E-state index contributed by atoms with van der Waals surface area (Å²) in [4.78, 5) is 2.72. The molecule has 2 rings (SSSR count). The van der Waals surface area contributed by atoms with Gasteiger partial charge in [-0.05, 0) is 32.1 Å². The molecular weight excluding hydrogens is 273 g/mol. The Kier molecular flexibility index (Phi) is 2.65. The highest BCUT2D eigenvalue weighted by molar-refractivity contribution is 14.1. The number of alkyl halides is 1. The third kappa shape index (κ3) is 2.04. The van der Waals surface area contributed by atoms with Gasteiger partial charge in [0.1, 0.15) is 0 Å². The molecule has 0 aromatic rings. The molecule has 1 aliphatic heterocycles. The largest absolute Gasteiger partial charge is 0.293 e. The first-order valence-electron chi connectivity index (χ1n) is 5.48. The standard InChI is InChI=1S/C11H20IN/c1-4-11(3,12)7-13-9-5-8(2)6-10(9)13/h8-10H,4-7H2,1-3H3. The van der Waals surface area contributed by atoms with Crippen LogP contribution in [-0.4, -0.2) is 27.0 Å². The fourth-order valence-electron chi connectivity index (χ4n) is 2.63. The molecule has 76 valence electrons. The van der Waals surface area contributed by atoms with Crippen molar-refractivity contribution in [3.63, 3.8) is 0 Å². The minimum absolute atomic E-state index is 0.505. The van der Waals surface area contributed by atoms with Crippen molar-refractivity contribution in [2.45, 2.75) is 55.5 Å². The van der Waals surface area contributed by atoms with Gasteiger partial charge in [0.2, 0.25) is 0 Å². The van der Waals surface area contributed by atoms with Crippen LogP contribution in [0.25, 0.3) is 0 Å². The van der Waals surface area contributed by atoms with Gasteiger partial charge in [0.15, 0.2) is 0 Å². The minimum Gasteiger partial charge on any atom is -0.293 e. The number of halogens is 1. The molecule has 0 amide bonds. The van der Waals surface area contributed by atoms with Gasteiger partial charge in [-0.25, -0.2) is 0 Å². The van der Waals surface area contributed by atoms with E-state index in [2.05, 4.69) is 48.3 Å². The summed E-state index contributed by atoms with van der Waals surface area (Å²) in [5.74, 6) is 0.994. The van der Waals surface area contributed by atoms with Gasteiger partial charge in [-0.3, -0.25) is 4.90 Å². The van der Waals surface area contributed by atoms with Crippen molar-refractivity contribution in [2.24, 2.45) is 5.92 Å². The van der Waals surface area contributed by atoms with Crippen molar-refractivity contribution in [1.29, 1.82) is 0 Å². The lowest BCUT2D eigenvalue weighted by molar-refractivity contribution is 0.349. The topological polar surface area (TPSA) is 3.01 Å². The Morgan fingerprint density at radius 3 is 2.38 bits per heavy atom. The molecule has 0 N–H and O–H groups in total. The quantitative estimate of drug-likeness (QED) is 0.439. The second kappa shape index (κ2) is 3.37. The third-order valence-electron chi connectivity index (χ3n) is 3.74. The zero-order chi connectivity index (χ0) is 9.64. The van der Waals surface area contributed by atoms with Crippen LogP contribution in [0.1, 0.15) is 40.0 Å². The Bertz CT molecular complexity index is 190. The summed E-state index contributed by atoms with van der Waals surface area (Å²) in [6, 6.07) is 1.94. The predicted octanol–water partition coefficient (Wildman–Crippen LogP) is 3.07. The van der Waals surface area contributed by atoms with Crippen LogP contribution in [0.15, 0.2) is 0 Å². The summed E-state index contributed by atoms with van der Waals surface area (Å²) >= 11 is 2.62. The number of fused-ring (bicyclic) bond motifs is 1. The highest BCUT2D eigenvalue weighted by atomic mass is 127. The Morgan fingerprint density at radius 2 is 1.92 bits per heavy atom. The van der Waals surface area contributed by atoms with Crippen molar-refractivity contribution in [1.82, 2.24) is 4.90 Å². The number of likely N-dealkylation sites (tertiary alicyclic amines) is 1. The Hall–Kier alpha value is 0.690. The minimum atomic E-state index is 0.505. The second-order valence-electron chi connectivity index (χ2n) is 5.15. The van der Waals surface area contributed by atoms with Gasteiger partial charge in [-0.2, -0.15) is 0 Å². The van der Waals surface area contributed by atoms with E-state index in [4.69, 9.17) is 0 Å². The maximum Gasteiger partial charge on any atom is 0.0318 e. The number of rotatable bonds is 3. The van der Waals surface area contributed by atoms with E-state index >= 15 is 0 Å². The van der Waals surface area contributed by atoms with E-state index in [-0.39, 0.29) is 0 Å². The van der Waals surface area contributed by atoms with Gasteiger partial charge >= 0.3 is 0 Å². The van der Waals surface area contributed by atoms with E-state index < -0.39 is 0 Å². The van der Waals surface area contributed by atoms with E-state index in [0.29, 0.717) is 3.42 Å². The predicted molar refractivity (Wildman–Crippen MR) is 65.4 cm³/mol. The fraction of sp³-hybridized carbons (Fsp3) is 1.00. The van der Waals surface area contributed by atoms with Gasteiger partial charge in [0.05, 0.1) is 0 Å². The summed E-state index contributed by atoms with van der Waals surface area (Å²) in [6.45, 7) is 8.39. The van der Waals surface area contributed by atoms with Crippen molar-refractivity contribution < 1.29 is 0 Å². The monoisotopic (exact) mass is 293 g/mol. The van der Waals surface area contributed by atoms with E-state index in [9.17, 15) is 0 Å². The molecule has 1 heterocycles. The highest BCUT2D eigenvalue weighted by Crippen LogP contribution is 2.47. The Balaban J connectivity index is 1.82. The summed E-state index contributed by atoms with van der Waals surface area (Å²) in [5.41, 5.74) is 0. The third-order valence-corrected chi connectivity index (χ3v) is 4.85. The second-order valence-corrected chi connectivity index (χ2v) is 7.75. The van der Waals surface area contributed by atoms with Crippen LogP contribution in [0.5, 0.6) is 0 Å². The Labute approximate surface area is 95.4 Å². The molecule has 1 nitrogen and oxygen atoms in total. The first-order chi connectivity index (χ1) is 6.03. The maximum absolute atomic E-state index is 2.72. The number of nitrogens with zero attached hydrogens (tertiary/aromatic N) is 1. The average molecular weight is 293 g/mol. The molecule has 1 aliphatic carbocycles. The Morgan fingerprint density at radius 1 is 1.38 bits per heavy atom. The van der Waals surface area contributed by atoms with Crippen molar-refractivity contribution in [3.05, 3.63) is 0 Å². The van der Waals surface area contributed by atoms with Crippen LogP contribution >= 0.6 is 22.6 Å². The molecular formula is C11H20IN. The van der Waals surface area contributed by atoms with E-state index in [1.807, 2.05) is 0 Å². The van der Waals surface area contributed by atoms with Gasteiger partial charge < -0.3 is 0 Å². The smallest absolute Gasteiger partial charge is 0.0318 e. The first kappa shape index (κ1) is 10.2. The molecule has 0 radical (unpaired) electrons. The summed E-state index contributed by atoms with van der Waals surface area (Å²) in [5, 5.41) is 0. The van der Waals surface area contributed by atoms with Gasteiger partial charge in [0, 0.05) is 22.1 Å². The molecule has 1 saturated carbocycles. The van der Waals surface area contributed by atoms with E-state index in [1.54, 1.807) is 0 Å². The van der Waals surface area contributed by atoms with Crippen LogP contribution in [0.4, 0.5) is 0 Å². The average Bonchev–Trinajstić information content (AvgIpc) is 2.52. The molecule has 13 heavy (non-hydrogen) atoms. The van der Waals surface area contributed by atoms with Crippen LogP contribution in [-0.2, 0) is 0 Å². The maximum atomic E-state index is 2.72. The van der Waals surface area contributed by atoms with E-state index in [1.165, 1.54) is 25.8 Å². The molecule has 3 unspecified atom stereocenters. The molecule has 2 heteroatoms. The summed E-state index contributed by atoms with van der Waals surface area (Å²) in [6.07, 6.45) is 4.21. The fourth-order valence-corrected chi connectivity index (χ4v) is 3.02. The molecule has 0 aromatic heterocycles. The first-order valence-corrected chi connectivity index (χ1v) is 6.56. The molecule has 3 atom stereocenters. The lowest BCUT2D eigenvalue weighted by Gasteiger charge is -2.23. The molecule has 0 bridgehead atoms. The SMILES string of the molecule is CCC(C)(I)CN1C2CC(C)CC21. The zero-order valence-corrected chi connectivity index (χ0v) is 11.0. The van der Waals surface area contributed by atoms with Gasteiger partial charge in [-0.15, -0.1) is 0 Å². The molecule has 0 spiro atoms. The van der Waals surface area contributed by atoms with Crippen molar-refractivity contribution >= 4 is 22.6 Å². The van der Waals surface area contributed by atoms with E-state index in [0.717, 1.165) is 18.0 Å². The number of hydrogen-bond acceptors (Lipinski definition) is 1. The number of piperidine rings is 1. The summed E-state index contributed by atoms with van der Waals surface area (Å²) < 4.78 is 0.505. The van der Waals surface area contributed by atoms with Gasteiger partial charge in [0.25, 0.3) is 0 Å². The van der Waals surface area contributed by atoms with Crippen LogP contribution in [0, 0.1) is 5.92 Å². The molecule has 1 saturated heterocycles. The normalized spacial score (nSPS) is 47.1. The number of hydrogen-bond donors (Lipinski definition) is 0. The zero-order valence-electron chi connectivity index (χ0n) is 8.89. The van der Waals surface area contributed by atoms with Gasteiger partial charge in [-0.1, -0.05) is 36.4 Å². The lowest BCUT2D eigenvalue weighted by Crippen LogP contribution is -2.28. The van der Waals surface area contributed by atoms with Crippen LogP contribution < -0.4 is 0 Å². The molecule has 2 fully saturated rings. The molecule has 0 aromatic carbocycles. The van der Waals surface area contributed by atoms with Crippen LogP contribution in [0.2, 0.25) is 0 Å². The summed E-state index contributed by atoms with van der Waals surface area (Å²) in [7, 11) is 0.